The molecule has 0 bridgehead atoms. The van der Waals surface area contributed by atoms with Crippen molar-refractivity contribution in [1.29, 1.82) is 0 Å². The number of carbonyl (C=O) groups excluding carboxylic acids is 1. The van der Waals surface area contributed by atoms with E-state index in [1.807, 2.05) is 6.07 Å². The maximum absolute atomic E-state index is 12.8. The summed E-state index contributed by atoms with van der Waals surface area (Å²) in [6, 6.07) is 14.2. The Balaban J connectivity index is 1.78. The summed E-state index contributed by atoms with van der Waals surface area (Å²) in [6.07, 6.45) is 0.434. The van der Waals surface area contributed by atoms with Gasteiger partial charge < -0.3 is 15.2 Å². The van der Waals surface area contributed by atoms with E-state index in [1.165, 1.54) is 16.3 Å². The molecule has 3 rings (SSSR count). The Labute approximate surface area is 166 Å². The zero-order valence-corrected chi connectivity index (χ0v) is 16.2. The predicted molar refractivity (Wildman–Crippen MR) is 110 cm³/mol. The van der Waals surface area contributed by atoms with Gasteiger partial charge in [-0.2, -0.15) is 0 Å². The zero-order chi connectivity index (χ0) is 19.9. The molecule has 2 N–H and O–H groups in total. The number of methoxy groups -OCH3 is 1. The molecule has 0 saturated heterocycles. The summed E-state index contributed by atoms with van der Waals surface area (Å²) >= 11 is 1.19. The number of anilines is 1. The standard InChI is InChI=1S/C20H21N3O4S/c1-27-15-7-4-6-14(12-15)21-18(25)13-28-20-22-17-9-3-2-8-16(17)19(26)23(20)10-5-11-24/h2-4,6-9,12,24H,5,10-11,13H2,1H3,(H,21,25). The van der Waals surface area contributed by atoms with Crippen molar-refractivity contribution in [3.63, 3.8) is 0 Å². The van der Waals surface area contributed by atoms with E-state index in [2.05, 4.69) is 10.3 Å². The highest BCUT2D eigenvalue weighted by Crippen LogP contribution is 2.20. The third-order valence-electron chi connectivity index (χ3n) is 4.05. The maximum atomic E-state index is 12.8. The number of thioether (sulfide) groups is 1. The molecular weight excluding hydrogens is 378 g/mol. The lowest BCUT2D eigenvalue weighted by Gasteiger charge is -2.12. The third-order valence-corrected chi connectivity index (χ3v) is 5.03. The molecule has 1 amide bonds. The molecule has 2 aromatic carbocycles. The molecule has 1 heterocycles. The zero-order valence-electron chi connectivity index (χ0n) is 15.4. The summed E-state index contributed by atoms with van der Waals surface area (Å²) in [4.78, 5) is 29.6. The second-order valence-corrected chi connectivity index (χ2v) is 6.96. The van der Waals surface area contributed by atoms with Crippen LogP contribution in [-0.4, -0.2) is 40.0 Å². The molecule has 0 aliphatic heterocycles. The Morgan fingerprint density at radius 1 is 1.25 bits per heavy atom. The number of para-hydroxylation sites is 1. The van der Waals surface area contributed by atoms with Crippen molar-refractivity contribution >= 4 is 34.3 Å². The minimum absolute atomic E-state index is 0.0281. The van der Waals surface area contributed by atoms with Crippen LogP contribution in [0.3, 0.4) is 0 Å². The van der Waals surface area contributed by atoms with Gasteiger partial charge in [0, 0.05) is 24.9 Å². The van der Waals surface area contributed by atoms with E-state index in [0.717, 1.165) is 0 Å². The largest absolute Gasteiger partial charge is 0.497 e. The summed E-state index contributed by atoms with van der Waals surface area (Å²) < 4.78 is 6.66. The molecule has 8 heteroatoms. The van der Waals surface area contributed by atoms with Gasteiger partial charge in [-0.05, 0) is 30.7 Å². The van der Waals surface area contributed by atoms with Crippen molar-refractivity contribution in [2.24, 2.45) is 0 Å². The van der Waals surface area contributed by atoms with Crippen LogP contribution in [0.25, 0.3) is 10.9 Å². The fraction of sp³-hybridized carbons (Fsp3) is 0.250. The number of amides is 1. The monoisotopic (exact) mass is 399 g/mol. The van der Waals surface area contributed by atoms with Crippen molar-refractivity contribution < 1.29 is 14.6 Å². The smallest absolute Gasteiger partial charge is 0.262 e. The predicted octanol–water partition coefficient (Wildman–Crippen LogP) is 2.52. The summed E-state index contributed by atoms with van der Waals surface area (Å²) in [5.74, 6) is 0.537. The highest BCUT2D eigenvalue weighted by molar-refractivity contribution is 7.99. The molecule has 0 aliphatic rings. The van der Waals surface area contributed by atoms with E-state index < -0.39 is 0 Å². The Hall–Kier alpha value is -2.84. The molecule has 28 heavy (non-hydrogen) atoms. The summed E-state index contributed by atoms with van der Waals surface area (Å²) in [7, 11) is 1.56. The van der Waals surface area contributed by atoms with E-state index >= 15 is 0 Å². The van der Waals surface area contributed by atoms with E-state index in [1.54, 1.807) is 49.6 Å². The maximum Gasteiger partial charge on any atom is 0.262 e. The van der Waals surface area contributed by atoms with Gasteiger partial charge in [-0.3, -0.25) is 14.2 Å². The van der Waals surface area contributed by atoms with Crippen molar-refractivity contribution in [2.45, 2.75) is 18.1 Å². The first-order valence-electron chi connectivity index (χ1n) is 8.79. The first-order valence-corrected chi connectivity index (χ1v) is 9.78. The second-order valence-electron chi connectivity index (χ2n) is 6.01. The van der Waals surface area contributed by atoms with Crippen LogP contribution < -0.4 is 15.6 Å². The van der Waals surface area contributed by atoms with Gasteiger partial charge in [-0.15, -0.1) is 0 Å². The molecule has 0 atom stereocenters. The van der Waals surface area contributed by atoms with Crippen molar-refractivity contribution in [3.8, 4) is 5.75 Å². The van der Waals surface area contributed by atoms with Gasteiger partial charge in [-0.25, -0.2) is 4.98 Å². The van der Waals surface area contributed by atoms with Crippen LogP contribution in [0.2, 0.25) is 0 Å². The van der Waals surface area contributed by atoms with Gasteiger partial charge in [-0.1, -0.05) is 30.0 Å². The van der Waals surface area contributed by atoms with Gasteiger partial charge >= 0.3 is 0 Å². The van der Waals surface area contributed by atoms with Gasteiger partial charge in [0.15, 0.2) is 5.16 Å². The number of nitrogens with zero attached hydrogens (tertiary/aromatic N) is 2. The molecule has 0 aliphatic carbocycles. The van der Waals surface area contributed by atoms with Crippen LogP contribution in [0.4, 0.5) is 5.69 Å². The molecule has 3 aromatic rings. The number of aromatic nitrogens is 2. The van der Waals surface area contributed by atoms with Gasteiger partial charge in [0.1, 0.15) is 5.75 Å². The highest BCUT2D eigenvalue weighted by atomic mass is 32.2. The molecule has 7 nitrogen and oxygen atoms in total. The van der Waals surface area contributed by atoms with Crippen LogP contribution in [0.5, 0.6) is 5.75 Å². The molecule has 1 aromatic heterocycles. The number of hydrogen-bond donors (Lipinski definition) is 2. The Morgan fingerprint density at radius 2 is 2.07 bits per heavy atom. The van der Waals surface area contributed by atoms with Crippen LogP contribution in [0.15, 0.2) is 58.5 Å². The van der Waals surface area contributed by atoms with E-state index in [0.29, 0.717) is 40.5 Å². The van der Waals surface area contributed by atoms with Gasteiger partial charge in [0.05, 0.1) is 23.8 Å². The number of rotatable bonds is 8. The third kappa shape index (κ3) is 4.71. The van der Waals surface area contributed by atoms with E-state index in [-0.39, 0.29) is 23.8 Å². The summed E-state index contributed by atoms with van der Waals surface area (Å²) in [5.41, 5.74) is 1.05. The number of ether oxygens (including phenoxy) is 1. The molecule has 0 saturated carbocycles. The van der Waals surface area contributed by atoms with Crippen molar-refractivity contribution in [2.75, 3.05) is 24.8 Å². The number of fused-ring (bicyclic) bond motifs is 1. The van der Waals surface area contributed by atoms with Crippen LogP contribution in [0.1, 0.15) is 6.42 Å². The SMILES string of the molecule is COc1cccc(NC(=O)CSc2nc3ccccc3c(=O)n2CCCO)c1. The number of aliphatic hydroxyl groups excluding tert-OH is 1. The Bertz CT molecular complexity index is 1040. The molecular formula is C20H21N3O4S. The molecule has 146 valence electrons. The number of benzene rings is 2. The van der Waals surface area contributed by atoms with Gasteiger partial charge in [0.2, 0.25) is 5.91 Å². The quantitative estimate of drug-likeness (QED) is 0.447. The van der Waals surface area contributed by atoms with Crippen LogP contribution in [0, 0.1) is 0 Å². The fourth-order valence-corrected chi connectivity index (χ4v) is 3.54. The molecule has 0 spiro atoms. The van der Waals surface area contributed by atoms with Crippen LogP contribution >= 0.6 is 11.8 Å². The van der Waals surface area contributed by atoms with Crippen molar-refractivity contribution in [3.05, 3.63) is 58.9 Å². The minimum atomic E-state index is -0.214. The normalized spacial score (nSPS) is 10.8. The fourth-order valence-electron chi connectivity index (χ4n) is 2.71. The van der Waals surface area contributed by atoms with Gasteiger partial charge in [0.25, 0.3) is 5.56 Å². The van der Waals surface area contributed by atoms with Crippen LogP contribution in [-0.2, 0) is 11.3 Å². The summed E-state index contributed by atoms with van der Waals surface area (Å²) in [6.45, 7) is 0.312. The molecule has 0 unspecified atom stereocenters. The van der Waals surface area contributed by atoms with E-state index in [9.17, 15) is 9.59 Å². The average molecular weight is 399 g/mol. The Morgan fingerprint density at radius 3 is 2.86 bits per heavy atom. The number of hydrogen-bond acceptors (Lipinski definition) is 6. The highest BCUT2D eigenvalue weighted by Gasteiger charge is 2.13. The summed E-state index contributed by atoms with van der Waals surface area (Å²) in [5, 5.41) is 12.9. The topological polar surface area (TPSA) is 93.5 Å². The molecule has 0 radical (unpaired) electrons. The van der Waals surface area contributed by atoms with E-state index in [4.69, 9.17) is 9.84 Å². The number of aliphatic hydroxyl groups is 1. The average Bonchev–Trinajstić information content (AvgIpc) is 2.72. The Kier molecular flexibility index (Phi) is 6.67. The van der Waals surface area contributed by atoms with Crippen molar-refractivity contribution in [1.82, 2.24) is 9.55 Å². The first kappa shape index (κ1) is 19.9. The number of nitrogens with one attached hydrogen (secondary N) is 1. The molecule has 0 fully saturated rings. The lowest BCUT2D eigenvalue weighted by Crippen LogP contribution is -2.24. The first-order chi connectivity index (χ1) is 13.6. The lowest BCUT2D eigenvalue weighted by atomic mass is 10.2. The second kappa shape index (κ2) is 9.38. The lowest BCUT2D eigenvalue weighted by molar-refractivity contribution is -0.113. The number of carbonyl (C=O) groups is 1. The minimum Gasteiger partial charge on any atom is -0.497 e.